The van der Waals surface area contributed by atoms with Crippen LogP contribution in [0.1, 0.15) is 18.5 Å². The van der Waals surface area contributed by atoms with Crippen LogP contribution in [0, 0.1) is 17.0 Å². The zero-order chi connectivity index (χ0) is 13.3. The summed E-state index contributed by atoms with van der Waals surface area (Å²) in [5.41, 5.74) is 12.6. The van der Waals surface area contributed by atoms with Crippen molar-refractivity contribution in [3.8, 4) is 0 Å². The van der Waals surface area contributed by atoms with E-state index in [9.17, 15) is 10.1 Å². The van der Waals surface area contributed by atoms with Crippen molar-refractivity contribution in [2.45, 2.75) is 25.8 Å². The zero-order valence-electron chi connectivity index (χ0n) is 10.3. The third-order valence-corrected chi connectivity index (χ3v) is 3.11. The molecule has 0 spiro atoms. The first-order valence-electron chi connectivity index (χ1n) is 5.91. The lowest BCUT2D eigenvalue weighted by Gasteiger charge is -2.32. The molecule has 1 aromatic rings. The molecule has 0 aromatic carbocycles. The first-order chi connectivity index (χ1) is 8.49. The molecule has 18 heavy (non-hydrogen) atoms. The van der Waals surface area contributed by atoms with Gasteiger partial charge in [-0.3, -0.25) is 10.1 Å². The lowest BCUT2D eigenvalue weighted by atomic mass is 10.1. The molecular formula is C11H17N5O2. The summed E-state index contributed by atoms with van der Waals surface area (Å²) in [5.74, 6) is -0.0332. The number of nitrogens with zero attached hydrogens (tertiary/aromatic N) is 3. The van der Waals surface area contributed by atoms with Crippen LogP contribution in [0.15, 0.2) is 6.07 Å². The van der Waals surface area contributed by atoms with E-state index in [1.54, 1.807) is 13.0 Å². The van der Waals surface area contributed by atoms with Crippen molar-refractivity contribution in [2.24, 2.45) is 5.73 Å². The van der Waals surface area contributed by atoms with Crippen LogP contribution in [0.3, 0.4) is 0 Å². The standard InChI is InChI=1S/C11H17N5O2/c1-7-5-9(10(16(17)18)11(13)14-7)15-4-2-3-8(12)6-15/h5,8H,2-4,6,12H2,1H3,(H2,13,14)/t8-/m1/s1. The second kappa shape index (κ2) is 4.77. The number of hydrogen-bond donors (Lipinski definition) is 2. The van der Waals surface area contributed by atoms with Gasteiger partial charge in [0.15, 0.2) is 0 Å². The van der Waals surface area contributed by atoms with E-state index in [-0.39, 0.29) is 17.5 Å². The summed E-state index contributed by atoms with van der Waals surface area (Å²) in [5, 5.41) is 11.1. The maximum absolute atomic E-state index is 11.1. The Bertz CT molecular complexity index is 477. The van der Waals surface area contributed by atoms with Gasteiger partial charge in [0.2, 0.25) is 5.82 Å². The number of anilines is 2. The highest BCUT2D eigenvalue weighted by atomic mass is 16.6. The molecule has 1 saturated heterocycles. The van der Waals surface area contributed by atoms with Crippen molar-refractivity contribution >= 4 is 17.2 Å². The van der Waals surface area contributed by atoms with Gasteiger partial charge in [-0.15, -0.1) is 0 Å². The average Bonchev–Trinajstić information content (AvgIpc) is 2.27. The van der Waals surface area contributed by atoms with Gasteiger partial charge in [-0.1, -0.05) is 0 Å². The van der Waals surface area contributed by atoms with E-state index >= 15 is 0 Å². The fourth-order valence-corrected chi connectivity index (χ4v) is 2.33. The molecule has 7 nitrogen and oxygen atoms in total. The minimum atomic E-state index is -0.475. The third kappa shape index (κ3) is 2.35. The number of aromatic nitrogens is 1. The Hall–Kier alpha value is -1.89. The molecular weight excluding hydrogens is 234 g/mol. The molecule has 0 saturated carbocycles. The van der Waals surface area contributed by atoms with Crippen molar-refractivity contribution in [1.29, 1.82) is 0 Å². The SMILES string of the molecule is Cc1cc(N2CCC[C@@H](N)C2)c([N+](=O)[O-])c(N)n1. The van der Waals surface area contributed by atoms with Crippen LogP contribution in [0.4, 0.5) is 17.2 Å². The predicted octanol–water partition coefficient (Wildman–Crippen LogP) is 0.808. The summed E-state index contributed by atoms with van der Waals surface area (Å²) < 4.78 is 0. The predicted molar refractivity (Wildman–Crippen MR) is 69.5 cm³/mol. The number of rotatable bonds is 2. The second-order valence-corrected chi connectivity index (χ2v) is 4.62. The van der Waals surface area contributed by atoms with Gasteiger partial charge in [0.1, 0.15) is 5.69 Å². The van der Waals surface area contributed by atoms with E-state index in [0.29, 0.717) is 17.9 Å². The zero-order valence-corrected chi connectivity index (χ0v) is 10.3. The van der Waals surface area contributed by atoms with Gasteiger partial charge < -0.3 is 16.4 Å². The molecule has 0 aliphatic carbocycles. The monoisotopic (exact) mass is 251 g/mol. The van der Waals surface area contributed by atoms with Crippen LogP contribution >= 0.6 is 0 Å². The van der Waals surface area contributed by atoms with Crippen LogP contribution < -0.4 is 16.4 Å². The maximum atomic E-state index is 11.1. The molecule has 4 N–H and O–H groups in total. The summed E-state index contributed by atoms with van der Waals surface area (Å²) in [7, 11) is 0. The summed E-state index contributed by atoms with van der Waals surface area (Å²) in [6.45, 7) is 3.15. The smallest absolute Gasteiger partial charge is 0.334 e. The van der Waals surface area contributed by atoms with Gasteiger partial charge >= 0.3 is 5.69 Å². The molecule has 1 aromatic heterocycles. The summed E-state index contributed by atoms with van der Waals surface area (Å²) in [4.78, 5) is 16.5. The Labute approximate surface area is 105 Å². The number of nitrogens with two attached hydrogens (primary N) is 2. The van der Waals surface area contributed by atoms with E-state index in [0.717, 1.165) is 19.4 Å². The topological polar surface area (TPSA) is 111 Å². The quantitative estimate of drug-likeness (QED) is 0.594. The number of nitro groups is 1. The van der Waals surface area contributed by atoms with Gasteiger partial charge in [-0.25, -0.2) is 4.98 Å². The van der Waals surface area contributed by atoms with E-state index in [2.05, 4.69) is 4.98 Å². The molecule has 7 heteroatoms. The van der Waals surface area contributed by atoms with Crippen LogP contribution in [0.25, 0.3) is 0 Å². The average molecular weight is 251 g/mol. The van der Waals surface area contributed by atoms with Crippen LogP contribution in [0.5, 0.6) is 0 Å². The van der Waals surface area contributed by atoms with Crippen molar-refractivity contribution < 1.29 is 4.92 Å². The number of nitrogen functional groups attached to an aromatic ring is 1. The Balaban J connectivity index is 2.44. The molecule has 1 atom stereocenters. The van der Waals surface area contributed by atoms with Crippen molar-refractivity contribution in [3.05, 3.63) is 21.9 Å². The van der Waals surface area contributed by atoms with Crippen LogP contribution in [-0.2, 0) is 0 Å². The van der Waals surface area contributed by atoms with E-state index < -0.39 is 4.92 Å². The van der Waals surface area contributed by atoms with Crippen LogP contribution in [-0.4, -0.2) is 29.0 Å². The minimum Gasteiger partial charge on any atom is -0.378 e. The highest BCUT2D eigenvalue weighted by Crippen LogP contribution is 2.34. The van der Waals surface area contributed by atoms with Gasteiger partial charge in [0.05, 0.1) is 4.92 Å². The number of pyridine rings is 1. The molecule has 2 rings (SSSR count). The van der Waals surface area contributed by atoms with Crippen molar-refractivity contribution in [3.63, 3.8) is 0 Å². The molecule has 0 bridgehead atoms. The minimum absolute atomic E-state index is 0.0332. The molecule has 0 amide bonds. The van der Waals surface area contributed by atoms with Gasteiger partial charge in [-0.2, -0.15) is 0 Å². The molecule has 2 heterocycles. The van der Waals surface area contributed by atoms with Crippen molar-refractivity contribution in [2.75, 3.05) is 23.7 Å². The summed E-state index contributed by atoms with van der Waals surface area (Å²) in [6.07, 6.45) is 1.88. The van der Waals surface area contributed by atoms with Gasteiger partial charge in [0.25, 0.3) is 0 Å². The molecule has 1 aliphatic rings. The number of hydrogen-bond acceptors (Lipinski definition) is 6. The Morgan fingerprint density at radius 3 is 2.94 bits per heavy atom. The molecule has 1 fully saturated rings. The summed E-state index contributed by atoms with van der Waals surface area (Å²) in [6, 6.07) is 1.75. The van der Waals surface area contributed by atoms with E-state index in [4.69, 9.17) is 11.5 Å². The fourth-order valence-electron chi connectivity index (χ4n) is 2.33. The highest BCUT2D eigenvalue weighted by Gasteiger charge is 2.27. The number of piperidine rings is 1. The van der Waals surface area contributed by atoms with Crippen molar-refractivity contribution in [1.82, 2.24) is 4.98 Å². The maximum Gasteiger partial charge on any atom is 0.334 e. The van der Waals surface area contributed by atoms with E-state index in [1.807, 2.05) is 4.90 Å². The Kier molecular flexibility index (Phi) is 3.33. The normalized spacial score (nSPS) is 19.9. The lowest BCUT2D eigenvalue weighted by Crippen LogP contribution is -2.43. The fraction of sp³-hybridized carbons (Fsp3) is 0.545. The van der Waals surface area contributed by atoms with Gasteiger partial charge in [0, 0.05) is 24.8 Å². The summed E-state index contributed by atoms with van der Waals surface area (Å²) >= 11 is 0. The second-order valence-electron chi connectivity index (χ2n) is 4.62. The largest absolute Gasteiger partial charge is 0.378 e. The molecule has 1 aliphatic heterocycles. The first-order valence-corrected chi connectivity index (χ1v) is 5.91. The molecule has 0 radical (unpaired) electrons. The molecule has 98 valence electrons. The van der Waals surface area contributed by atoms with Crippen LogP contribution in [0.2, 0.25) is 0 Å². The highest BCUT2D eigenvalue weighted by molar-refractivity contribution is 5.73. The number of aryl methyl sites for hydroxylation is 1. The van der Waals surface area contributed by atoms with E-state index in [1.165, 1.54) is 0 Å². The lowest BCUT2D eigenvalue weighted by molar-refractivity contribution is -0.383. The first kappa shape index (κ1) is 12.6. The molecule has 0 unspecified atom stereocenters. The Morgan fingerprint density at radius 2 is 2.33 bits per heavy atom. The van der Waals surface area contributed by atoms with Gasteiger partial charge in [-0.05, 0) is 25.8 Å². The Morgan fingerprint density at radius 1 is 1.61 bits per heavy atom. The third-order valence-electron chi connectivity index (χ3n) is 3.11.